The van der Waals surface area contributed by atoms with Gasteiger partial charge >= 0.3 is 6.03 Å². The number of aryl methyl sites for hydroxylation is 2. The van der Waals surface area contributed by atoms with E-state index in [1.807, 2.05) is 11.0 Å². The fourth-order valence-electron chi connectivity index (χ4n) is 2.50. The number of rotatable bonds is 5. The maximum absolute atomic E-state index is 11.8. The van der Waals surface area contributed by atoms with Gasteiger partial charge in [0.2, 0.25) is 0 Å². The topological polar surface area (TPSA) is 41.6 Å². The molecule has 0 bridgehead atoms. The Balaban J connectivity index is 1.65. The van der Waals surface area contributed by atoms with E-state index in [9.17, 15) is 4.79 Å². The lowest BCUT2D eigenvalue weighted by Crippen LogP contribution is -2.38. The highest BCUT2D eigenvalue weighted by Crippen LogP contribution is 2.22. The Morgan fingerprint density at radius 3 is 2.55 bits per heavy atom. The average Bonchev–Trinajstić information content (AvgIpc) is 2.95. The van der Waals surface area contributed by atoms with Gasteiger partial charge in [0, 0.05) is 19.6 Å². The lowest BCUT2D eigenvalue weighted by molar-refractivity contribution is 0.207. The van der Waals surface area contributed by atoms with E-state index in [-0.39, 0.29) is 6.03 Å². The van der Waals surface area contributed by atoms with Crippen LogP contribution < -0.4 is 10.1 Å². The molecule has 4 heteroatoms. The molecule has 1 aliphatic rings. The number of likely N-dealkylation sites (tertiary alicyclic amines) is 1. The summed E-state index contributed by atoms with van der Waals surface area (Å²) in [6.07, 6.45) is 3.08. The molecule has 0 aromatic heterocycles. The SMILES string of the molecule is Cc1cccc(C)c1OCCCNC(=O)N1CCCC1. The molecule has 0 spiro atoms. The normalized spacial score (nSPS) is 14.4. The molecule has 2 amide bonds. The van der Waals surface area contributed by atoms with Crippen molar-refractivity contribution in [2.45, 2.75) is 33.1 Å². The molecule has 1 aliphatic heterocycles. The van der Waals surface area contributed by atoms with E-state index < -0.39 is 0 Å². The van der Waals surface area contributed by atoms with Crippen LogP contribution in [-0.4, -0.2) is 37.2 Å². The van der Waals surface area contributed by atoms with Crippen molar-refractivity contribution >= 4 is 6.03 Å². The first-order valence-electron chi connectivity index (χ1n) is 7.40. The molecule has 0 unspecified atom stereocenters. The Morgan fingerprint density at radius 1 is 1.25 bits per heavy atom. The average molecular weight is 276 g/mol. The van der Waals surface area contributed by atoms with Crippen LogP contribution in [0.1, 0.15) is 30.4 Å². The van der Waals surface area contributed by atoms with Crippen molar-refractivity contribution in [2.75, 3.05) is 26.2 Å². The molecule has 0 aliphatic carbocycles. The highest BCUT2D eigenvalue weighted by Gasteiger charge is 2.16. The fraction of sp³-hybridized carbons (Fsp3) is 0.562. The molecular weight excluding hydrogens is 252 g/mol. The quantitative estimate of drug-likeness (QED) is 0.840. The van der Waals surface area contributed by atoms with Gasteiger partial charge in [-0.2, -0.15) is 0 Å². The zero-order valence-corrected chi connectivity index (χ0v) is 12.4. The third kappa shape index (κ3) is 3.89. The van der Waals surface area contributed by atoms with E-state index in [1.54, 1.807) is 0 Å². The van der Waals surface area contributed by atoms with Crippen LogP contribution in [-0.2, 0) is 0 Å². The smallest absolute Gasteiger partial charge is 0.317 e. The predicted molar refractivity (Wildman–Crippen MR) is 80.2 cm³/mol. The van der Waals surface area contributed by atoms with Gasteiger partial charge in [-0.3, -0.25) is 0 Å². The van der Waals surface area contributed by atoms with Gasteiger partial charge in [-0.1, -0.05) is 18.2 Å². The molecule has 4 nitrogen and oxygen atoms in total. The van der Waals surface area contributed by atoms with Crippen LogP contribution in [0, 0.1) is 13.8 Å². The summed E-state index contributed by atoms with van der Waals surface area (Å²) >= 11 is 0. The van der Waals surface area contributed by atoms with Crippen molar-refractivity contribution < 1.29 is 9.53 Å². The molecule has 0 radical (unpaired) electrons. The van der Waals surface area contributed by atoms with Crippen LogP contribution in [0.4, 0.5) is 4.79 Å². The molecule has 0 atom stereocenters. The Morgan fingerprint density at radius 2 is 1.90 bits per heavy atom. The van der Waals surface area contributed by atoms with Crippen LogP contribution in [0.2, 0.25) is 0 Å². The van der Waals surface area contributed by atoms with Crippen molar-refractivity contribution in [3.63, 3.8) is 0 Å². The zero-order chi connectivity index (χ0) is 14.4. The third-order valence-corrected chi connectivity index (χ3v) is 3.65. The zero-order valence-electron chi connectivity index (χ0n) is 12.4. The van der Waals surface area contributed by atoms with Gasteiger partial charge in [0.25, 0.3) is 0 Å². The van der Waals surface area contributed by atoms with E-state index in [2.05, 4.69) is 31.3 Å². The van der Waals surface area contributed by atoms with Gasteiger partial charge in [0.15, 0.2) is 0 Å². The Bertz CT molecular complexity index is 434. The van der Waals surface area contributed by atoms with Crippen LogP contribution in [0.3, 0.4) is 0 Å². The first-order valence-corrected chi connectivity index (χ1v) is 7.40. The summed E-state index contributed by atoms with van der Waals surface area (Å²) in [5.74, 6) is 0.971. The van der Waals surface area contributed by atoms with E-state index in [0.29, 0.717) is 13.2 Å². The number of hydrogen-bond donors (Lipinski definition) is 1. The minimum Gasteiger partial charge on any atom is -0.493 e. The summed E-state index contributed by atoms with van der Waals surface area (Å²) in [6, 6.07) is 6.21. The van der Waals surface area contributed by atoms with Gasteiger partial charge in [0.05, 0.1) is 6.61 Å². The van der Waals surface area contributed by atoms with E-state index >= 15 is 0 Å². The second-order valence-corrected chi connectivity index (χ2v) is 5.35. The number of nitrogens with one attached hydrogen (secondary N) is 1. The Hall–Kier alpha value is -1.71. The third-order valence-electron chi connectivity index (χ3n) is 3.65. The summed E-state index contributed by atoms with van der Waals surface area (Å²) in [7, 11) is 0. The first-order chi connectivity index (χ1) is 9.68. The Labute approximate surface area is 121 Å². The molecule has 0 saturated carbocycles. The van der Waals surface area contributed by atoms with E-state index in [1.165, 1.54) is 0 Å². The van der Waals surface area contributed by atoms with Crippen molar-refractivity contribution in [1.82, 2.24) is 10.2 Å². The number of urea groups is 1. The van der Waals surface area contributed by atoms with Crippen molar-refractivity contribution in [3.8, 4) is 5.75 Å². The van der Waals surface area contributed by atoms with Gasteiger partial charge in [-0.25, -0.2) is 4.79 Å². The predicted octanol–water partition coefficient (Wildman–Crippen LogP) is 2.88. The first kappa shape index (κ1) is 14.7. The summed E-state index contributed by atoms with van der Waals surface area (Å²) < 4.78 is 5.81. The fourth-order valence-corrected chi connectivity index (χ4v) is 2.50. The molecule has 110 valence electrons. The molecule has 20 heavy (non-hydrogen) atoms. The number of benzene rings is 1. The number of carbonyl (C=O) groups excluding carboxylic acids is 1. The van der Waals surface area contributed by atoms with Crippen molar-refractivity contribution in [2.24, 2.45) is 0 Å². The monoisotopic (exact) mass is 276 g/mol. The lowest BCUT2D eigenvalue weighted by atomic mass is 10.1. The standard InChI is InChI=1S/C16H24N2O2/c1-13-7-5-8-14(2)15(13)20-12-6-9-17-16(19)18-10-3-4-11-18/h5,7-8H,3-4,6,9-12H2,1-2H3,(H,17,19). The number of ether oxygens (including phenoxy) is 1. The van der Waals surface area contributed by atoms with E-state index in [4.69, 9.17) is 4.74 Å². The number of hydrogen-bond acceptors (Lipinski definition) is 2. The molecule has 1 saturated heterocycles. The molecule has 1 aromatic carbocycles. The minimum atomic E-state index is 0.0644. The highest BCUT2D eigenvalue weighted by molar-refractivity contribution is 5.74. The molecule has 1 aromatic rings. The van der Waals surface area contributed by atoms with Crippen LogP contribution in [0.15, 0.2) is 18.2 Å². The molecule has 1 N–H and O–H groups in total. The second kappa shape index (κ2) is 7.17. The van der Waals surface area contributed by atoms with Crippen molar-refractivity contribution in [1.29, 1.82) is 0 Å². The van der Waals surface area contributed by atoms with E-state index in [0.717, 1.165) is 49.2 Å². The van der Waals surface area contributed by atoms with Crippen LogP contribution in [0.5, 0.6) is 5.75 Å². The van der Waals surface area contributed by atoms with Crippen LogP contribution in [0.25, 0.3) is 0 Å². The van der Waals surface area contributed by atoms with Gasteiger partial charge < -0.3 is 15.0 Å². The summed E-state index contributed by atoms with van der Waals surface area (Å²) in [5, 5.41) is 2.95. The number of carbonyl (C=O) groups is 1. The van der Waals surface area contributed by atoms with Gasteiger partial charge in [-0.15, -0.1) is 0 Å². The highest BCUT2D eigenvalue weighted by atomic mass is 16.5. The van der Waals surface area contributed by atoms with Crippen LogP contribution >= 0.6 is 0 Å². The lowest BCUT2D eigenvalue weighted by Gasteiger charge is -2.16. The van der Waals surface area contributed by atoms with Crippen molar-refractivity contribution in [3.05, 3.63) is 29.3 Å². The molecule has 2 rings (SSSR count). The van der Waals surface area contributed by atoms with Gasteiger partial charge in [-0.05, 0) is 44.2 Å². The molecule has 1 fully saturated rings. The largest absolute Gasteiger partial charge is 0.493 e. The summed E-state index contributed by atoms with van der Waals surface area (Å²) in [6.45, 7) is 7.19. The molecular formula is C16H24N2O2. The maximum Gasteiger partial charge on any atom is 0.317 e. The summed E-state index contributed by atoms with van der Waals surface area (Å²) in [4.78, 5) is 13.6. The second-order valence-electron chi connectivity index (χ2n) is 5.35. The molecule has 1 heterocycles. The maximum atomic E-state index is 11.8. The number of nitrogens with zero attached hydrogens (tertiary/aromatic N) is 1. The minimum absolute atomic E-state index is 0.0644. The van der Waals surface area contributed by atoms with Gasteiger partial charge in [0.1, 0.15) is 5.75 Å². The number of para-hydroxylation sites is 1. The summed E-state index contributed by atoms with van der Waals surface area (Å²) in [5.41, 5.74) is 2.32. The number of amides is 2. The Kier molecular flexibility index (Phi) is 5.27.